The minimum atomic E-state index is -5.19. The highest BCUT2D eigenvalue weighted by molar-refractivity contribution is 7.19. The third-order valence-corrected chi connectivity index (χ3v) is 4.60. The number of anilines is 1. The molecule has 14 heteroatoms. The molecule has 0 fully saturated rings. The lowest BCUT2D eigenvalue weighted by molar-refractivity contribution is -0.143. The van der Waals surface area contributed by atoms with Gasteiger partial charge in [-0.3, -0.25) is 9.69 Å². The van der Waals surface area contributed by atoms with Gasteiger partial charge in [0.05, 0.1) is 11.1 Å². The van der Waals surface area contributed by atoms with E-state index in [0.717, 1.165) is 7.05 Å². The molecule has 0 radical (unpaired) electrons. The highest BCUT2D eigenvalue weighted by Crippen LogP contribution is 2.41. The number of hydrogen-bond acceptors (Lipinski definition) is 3. The molecule has 1 heterocycles. The SMILES string of the molecule is CN(C(=O)c1cc(C(F)(F)F)cc(C(F)(F)F)c1)c1nc(C(F)(F)F)c(Cl)s1. The zero-order chi connectivity index (χ0) is 21.7. The number of carbonyl (C=O) groups excluding carboxylic acids is 1. The van der Waals surface area contributed by atoms with E-state index in [4.69, 9.17) is 11.6 Å². The first kappa shape index (κ1) is 22.3. The molecule has 0 saturated carbocycles. The van der Waals surface area contributed by atoms with Gasteiger partial charge >= 0.3 is 18.5 Å². The molecule has 0 saturated heterocycles. The molecule has 0 aliphatic carbocycles. The number of alkyl halides is 9. The molecular formula is C14H6ClF9N2OS. The Kier molecular flexibility index (Phi) is 5.65. The molecule has 0 aliphatic rings. The van der Waals surface area contributed by atoms with Crippen LogP contribution in [0.4, 0.5) is 44.6 Å². The molecule has 2 rings (SSSR count). The number of aromatic nitrogens is 1. The number of benzene rings is 1. The van der Waals surface area contributed by atoms with Crippen LogP contribution in [0.1, 0.15) is 27.2 Å². The van der Waals surface area contributed by atoms with E-state index in [2.05, 4.69) is 4.98 Å². The molecule has 0 unspecified atom stereocenters. The van der Waals surface area contributed by atoms with Gasteiger partial charge in [-0.15, -0.1) is 0 Å². The number of amides is 1. The number of halogens is 10. The van der Waals surface area contributed by atoms with Crippen LogP contribution in [0.3, 0.4) is 0 Å². The molecule has 1 aromatic carbocycles. The lowest BCUT2D eigenvalue weighted by atomic mass is 10.0. The van der Waals surface area contributed by atoms with Crippen LogP contribution in [0, 0.1) is 0 Å². The maximum absolute atomic E-state index is 12.9. The quantitative estimate of drug-likeness (QED) is 0.509. The zero-order valence-corrected chi connectivity index (χ0v) is 14.8. The fourth-order valence-corrected chi connectivity index (χ4v) is 3.10. The molecule has 1 aromatic heterocycles. The van der Waals surface area contributed by atoms with Crippen LogP contribution in [0.2, 0.25) is 4.34 Å². The molecule has 0 atom stereocenters. The summed E-state index contributed by atoms with van der Waals surface area (Å²) < 4.78 is 115. The average molecular weight is 457 g/mol. The topological polar surface area (TPSA) is 33.2 Å². The molecule has 3 nitrogen and oxygen atoms in total. The average Bonchev–Trinajstić information content (AvgIpc) is 2.93. The first-order valence-electron chi connectivity index (χ1n) is 6.83. The Morgan fingerprint density at radius 2 is 1.39 bits per heavy atom. The van der Waals surface area contributed by atoms with Crippen LogP contribution in [0.5, 0.6) is 0 Å². The molecule has 28 heavy (non-hydrogen) atoms. The molecule has 1 amide bonds. The molecule has 0 N–H and O–H groups in total. The summed E-state index contributed by atoms with van der Waals surface area (Å²) in [5, 5.41) is -0.659. The van der Waals surface area contributed by atoms with Crippen molar-refractivity contribution in [2.75, 3.05) is 11.9 Å². The largest absolute Gasteiger partial charge is 0.435 e. The summed E-state index contributed by atoms with van der Waals surface area (Å²) in [7, 11) is 0.838. The molecule has 0 aliphatic heterocycles. The van der Waals surface area contributed by atoms with Gasteiger partial charge in [-0.05, 0) is 18.2 Å². The smallest absolute Gasteiger partial charge is 0.287 e. The van der Waals surface area contributed by atoms with Crippen LogP contribution in [0.25, 0.3) is 0 Å². The van der Waals surface area contributed by atoms with E-state index in [0.29, 0.717) is 4.90 Å². The second-order valence-corrected chi connectivity index (χ2v) is 6.85. The maximum atomic E-state index is 12.9. The lowest BCUT2D eigenvalue weighted by Gasteiger charge is -2.17. The number of nitrogens with zero attached hydrogens (tertiary/aromatic N) is 2. The second kappa shape index (κ2) is 7.10. The predicted molar refractivity (Wildman–Crippen MR) is 81.3 cm³/mol. The van der Waals surface area contributed by atoms with Gasteiger partial charge in [0.15, 0.2) is 10.8 Å². The number of hydrogen-bond donors (Lipinski definition) is 0. The third-order valence-electron chi connectivity index (χ3n) is 3.27. The highest BCUT2D eigenvalue weighted by Gasteiger charge is 2.40. The summed E-state index contributed by atoms with van der Waals surface area (Å²) in [6.07, 6.45) is -15.3. The van der Waals surface area contributed by atoms with E-state index in [9.17, 15) is 44.3 Å². The van der Waals surface area contributed by atoms with E-state index >= 15 is 0 Å². The van der Waals surface area contributed by atoms with Crippen molar-refractivity contribution in [3.05, 3.63) is 44.9 Å². The third kappa shape index (κ3) is 4.69. The Bertz CT molecular complexity index is 869. The van der Waals surface area contributed by atoms with Crippen LogP contribution in [-0.4, -0.2) is 17.9 Å². The van der Waals surface area contributed by atoms with Crippen molar-refractivity contribution in [1.29, 1.82) is 0 Å². The van der Waals surface area contributed by atoms with Gasteiger partial charge in [-0.2, -0.15) is 39.5 Å². The Balaban J connectivity index is 2.51. The first-order chi connectivity index (χ1) is 12.5. The fourth-order valence-electron chi connectivity index (χ4n) is 1.97. The summed E-state index contributed by atoms with van der Waals surface area (Å²) in [6, 6.07) is 0.140. The summed E-state index contributed by atoms with van der Waals surface area (Å²) in [5.74, 6) is -1.43. The van der Waals surface area contributed by atoms with Crippen molar-refractivity contribution in [1.82, 2.24) is 4.98 Å². The standard InChI is InChI=1S/C14H6ClF9N2OS/c1-26(11-25-8(9(15)28-11)14(22,23)24)10(27)5-2-6(12(16,17)18)4-7(3-5)13(19,20)21/h2-4H,1H3. The van der Waals surface area contributed by atoms with Crippen molar-refractivity contribution in [2.45, 2.75) is 18.5 Å². The highest BCUT2D eigenvalue weighted by atomic mass is 35.5. The van der Waals surface area contributed by atoms with Crippen molar-refractivity contribution >= 4 is 34.0 Å². The van der Waals surface area contributed by atoms with E-state index in [-0.39, 0.29) is 29.5 Å². The molecular weight excluding hydrogens is 451 g/mol. The minimum Gasteiger partial charge on any atom is -0.287 e. The monoisotopic (exact) mass is 456 g/mol. The normalized spacial score (nSPS) is 13.0. The molecule has 154 valence electrons. The van der Waals surface area contributed by atoms with Crippen LogP contribution in [0.15, 0.2) is 18.2 Å². The van der Waals surface area contributed by atoms with E-state index in [1.165, 1.54) is 0 Å². The zero-order valence-electron chi connectivity index (χ0n) is 13.2. The van der Waals surface area contributed by atoms with Crippen molar-refractivity contribution in [3.63, 3.8) is 0 Å². The van der Waals surface area contributed by atoms with Gasteiger partial charge < -0.3 is 0 Å². The van der Waals surface area contributed by atoms with Gasteiger partial charge in [-0.1, -0.05) is 22.9 Å². The first-order valence-corrected chi connectivity index (χ1v) is 8.02. The Morgan fingerprint density at radius 1 is 0.929 bits per heavy atom. The van der Waals surface area contributed by atoms with Gasteiger partial charge in [-0.25, -0.2) is 4.98 Å². The number of thiazole rings is 1. The van der Waals surface area contributed by atoms with Gasteiger partial charge in [0.2, 0.25) is 0 Å². The lowest BCUT2D eigenvalue weighted by Crippen LogP contribution is -2.27. The van der Waals surface area contributed by atoms with Crippen LogP contribution < -0.4 is 4.90 Å². The van der Waals surface area contributed by atoms with Crippen molar-refractivity contribution in [3.8, 4) is 0 Å². The Hall–Kier alpha value is -2.02. The van der Waals surface area contributed by atoms with Gasteiger partial charge in [0, 0.05) is 12.6 Å². The summed E-state index contributed by atoms with van der Waals surface area (Å²) in [6.45, 7) is 0. The minimum absolute atomic E-state index is 0.161. The van der Waals surface area contributed by atoms with E-state index < -0.39 is 56.3 Å². The van der Waals surface area contributed by atoms with Crippen molar-refractivity contribution in [2.24, 2.45) is 0 Å². The van der Waals surface area contributed by atoms with Crippen LogP contribution >= 0.6 is 22.9 Å². The van der Waals surface area contributed by atoms with Gasteiger partial charge in [0.25, 0.3) is 5.91 Å². The van der Waals surface area contributed by atoms with E-state index in [1.807, 2.05) is 0 Å². The molecule has 0 bridgehead atoms. The summed E-state index contributed by atoms with van der Waals surface area (Å²) in [4.78, 5) is 15.8. The predicted octanol–water partition coefficient (Wildman–Crippen LogP) is 6.13. The number of carbonyl (C=O) groups is 1. The fraction of sp³-hybridized carbons (Fsp3) is 0.286. The second-order valence-electron chi connectivity index (χ2n) is 5.28. The van der Waals surface area contributed by atoms with Gasteiger partial charge in [0.1, 0.15) is 4.34 Å². The molecule has 0 spiro atoms. The summed E-state index contributed by atoms with van der Waals surface area (Å²) >= 11 is 5.58. The Morgan fingerprint density at radius 3 is 1.75 bits per heavy atom. The maximum Gasteiger partial charge on any atom is 0.435 e. The molecule has 2 aromatic rings. The Labute approximate surface area is 159 Å². The summed E-state index contributed by atoms with van der Waals surface area (Å²) in [5.41, 5.74) is -6.06. The van der Waals surface area contributed by atoms with Crippen LogP contribution in [-0.2, 0) is 18.5 Å². The van der Waals surface area contributed by atoms with Crippen molar-refractivity contribution < 1.29 is 44.3 Å². The number of rotatable bonds is 2. The van der Waals surface area contributed by atoms with E-state index in [1.54, 1.807) is 0 Å².